The Balaban J connectivity index is 2.45. The van der Waals surface area contributed by atoms with Crippen LogP contribution in [0.15, 0.2) is 18.2 Å². The number of halogens is 9. The van der Waals surface area contributed by atoms with E-state index in [0.29, 0.717) is 0 Å². The summed E-state index contributed by atoms with van der Waals surface area (Å²) in [6.07, 6.45) is -8.33. The van der Waals surface area contributed by atoms with Crippen LogP contribution in [0.25, 0.3) is 0 Å². The third-order valence-corrected chi connectivity index (χ3v) is 4.20. The summed E-state index contributed by atoms with van der Waals surface area (Å²) >= 11 is 0. The molecule has 2 rings (SSSR count). The number of carbonyl (C=O) groups is 1. The Kier molecular flexibility index (Phi) is 4.74. The average Bonchev–Trinajstić information content (AvgIpc) is 2.53. The molecule has 146 valence electrons. The van der Waals surface area contributed by atoms with Gasteiger partial charge in [-0.05, 0) is 36.6 Å². The van der Waals surface area contributed by atoms with Crippen molar-refractivity contribution < 1.29 is 49.0 Å². The summed E-state index contributed by atoms with van der Waals surface area (Å²) in [5.41, 5.74) is -0.305. The van der Waals surface area contributed by atoms with E-state index in [1.54, 1.807) is 0 Å². The maximum atomic E-state index is 14.0. The van der Waals surface area contributed by atoms with Gasteiger partial charge in [0.1, 0.15) is 5.75 Å². The van der Waals surface area contributed by atoms with Gasteiger partial charge in [-0.2, -0.15) is 39.5 Å². The van der Waals surface area contributed by atoms with E-state index in [0.717, 1.165) is 12.1 Å². The standard InChI is InChI=1S/C15H11F9O2/c1-26-8-3-4-9-7(6-8)2-5-10(11(9)25)12(16,17)13(18,19)14(20,21)15(22,23)24/h3-4,6,10H,2,5H2,1H3. The predicted molar refractivity (Wildman–Crippen MR) is 70.0 cm³/mol. The zero-order chi connectivity index (χ0) is 20.1. The maximum Gasteiger partial charge on any atom is 0.460 e. The number of hydrogen-bond donors (Lipinski definition) is 0. The molecule has 2 nitrogen and oxygen atoms in total. The first kappa shape index (κ1) is 20.4. The highest BCUT2D eigenvalue weighted by Gasteiger charge is 2.83. The van der Waals surface area contributed by atoms with Gasteiger partial charge >= 0.3 is 23.9 Å². The topological polar surface area (TPSA) is 26.3 Å². The Bertz CT molecular complexity index is 710. The van der Waals surface area contributed by atoms with Crippen molar-refractivity contribution in [2.24, 2.45) is 5.92 Å². The van der Waals surface area contributed by atoms with Crippen LogP contribution in [0.1, 0.15) is 22.3 Å². The van der Waals surface area contributed by atoms with Crippen molar-refractivity contribution in [3.8, 4) is 5.75 Å². The van der Waals surface area contributed by atoms with Crippen LogP contribution in [0.3, 0.4) is 0 Å². The van der Waals surface area contributed by atoms with Gasteiger partial charge in [0, 0.05) is 5.56 Å². The van der Waals surface area contributed by atoms with Gasteiger partial charge < -0.3 is 4.74 Å². The van der Waals surface area contributed by atoms with E-state index in [4.69, 9.17) is 4.74 Å². The van der Waals surface area contributed by atoms with Crippen LogP contribution in [0.2, 0.25) is 0 Å². The summed E-state index contributed by atoms with van der Waals surface area (Å²) in [6, 6.07) is 3.39. The Hall–Kier alpha value is -1.94. The zero-order valence-electron chi connectivity index (χ0n) is 12.9. The molecule has 0 fully saturated rings. The number of Topliss-reactive ketones (excluding diaryl/α,β-unsaturated/α-hetero) is 1. The van der Waals surface area contributed by atoms with Crippen LogP contribution in [-0.2, 0) is 6.42 Å². The number of fused-ring (bicyclic) bond motifs is 1. The molecule has 1 aliphatic rings. The number of methoxy groups -OCH3 is 1. The van der Waals surface area contributed by atoms with Crippen LogP contribution < -0.4 is 4.74 Å². The Morgan fingerprint density at radius 2 is 1.54 bits per heavy atom. The molecule has 0 amide bonds. The Morgan fingerprint density at radius 3 is 2.04 bits per heavy atom. The smallest absolute Gasteiger partial charge is 0.460 e. The number of carbonyl (C=O) groups excluding carboxylic acids is 1. The summed E-state index contributed by atoms with van der Waals surface area (Å²) in [5.74, 6) is -24.1. The molecule has 0 aliphatic heterocycles. The quantitative estimate of drug-likeness (QED) is 0.679. The molecule has 11 heteroatoms. The van der Waals surface area contributed by atoms with Crippen molar-refractivity contribution in [1.29, 1.82) is 0 Å². The Labute approximate surface area is 140 Å². The largest absolute Gasteiger partial charge is 0.497 e. The van der Waals surface area contributed by atoms with Gasteiger partial charge in [-0.15, -0.1) is 0 Å². The number of benzene rings is 1. The first-order chi connectivity index (χ1) is 11.7. The van der Waals surface area contributed by atoms with Crippen LogP contribution in [-0.4, -0.2) is 36.8 Å². The van der Waals surface area contributed by atoms with Gasteiger partial charge in [0.05, 0.1) is 13.0 Å². The lowest BCUT2D eigenvalue weighted by Gasteiger charge is -2.38. The molecule has 0 saturated carbocycles. The van der Waals surface area contributed by atoms with Gasteiger partial charge in [0.2, 0.25) is 0 Å². The van der Waals surface area contributed by atoms with Crippen LogP contribution in [0, 0.1) is 5.92 Å². The molecule has 0 N–H and O–H groups in total. The van der Waals surface area contributed by atoms with Gasteiger partial charge in [-0.3, -0.25) is 4.79 Å². The van der Waals surface area contributed by atoms with E-state index < -0.39 is 54.1 Å². The lowest BCUT2D eigenvalue weighted by atomic mass is 9.76. The third-order valence-electron chi connectivity index (χ3n) is 4.20. The van der Waals surface area contributed by atoms with Crippen molar-refractivity contribution in [2.45, 2.75) is 36.8 Å². The highest BCUT2D eigenvalue weighted by Crippen LogP contribution is 2.56. The molecule has 0 spiro atoms. The van der Waals surface area contributed by atoms with Gasteiger partial charge in [-0.1, -0.05) is 0 Å². The van der Waals surface area contributed by atoms with Gasteiger partial charge in [0.15, 0.2) is 5.78 Å². The number of ketones is 1. The molecule has 0 saturated heterocycles. The van der Waals surface area contributed by atoms with E-state index in [2.05, 4.69) is 0 Å². The zero-order valence-corrected chi connectivity index (χ0v) is 12.9. The molecule has 1 aromatic carbocycles. The minimum Gasteiger partial charge on any atom is -0.497 e. The summed E-state index contributed by atoms with van der Waals surface area (Å²) in [6.45, 7) is 0. The van der Waals surface area contributed by atoms with E-state index in [1.807, 2.05) is 0 Å². The monoisotopic (exact) mass is 394 g/mol. The maximum absolute atomic E-state index is 14.0. The van der Waals surface area contributed by atoms with Crippen LogP contribution in [0.4, 0.5) is 39.5 Å². The second-order valence-corrected chi connectivity index (χ2v) is 5.75. The first-order valence-corrected chi connectivity index (χ1v) is 7.09. The normalized spacial score (nSPS) is 19.3. The SMILES string of the molecule is COc1ccc2c(c1)CCC(C(F)(F)C(F)(F)C(F)(F)C(F)(F)F)C2=O. The highest BCUT2D eigenvalue weighted by molar-refractivity contribution is 6.01. The van der Waals surface area contributed by atoms with Crippen molar-refractivity contribution in [1.82, 2.24) is 0 Å². The molecule has 1 unspecified atom stereocenters. The fraction of sp³-hybridized carbons (Fsp3) is 0.533. The lowest BCUT2D eigenvalue weighted by molar-refractivity contribution is -0.400. The second-order valence-electron chi connectivity index (χ2n) is 5.75. The molecule has 0 heterocycles. The first-order valence-electron chi connectivity index (χ1n) is 7.09. The fourth-order valence-electron chi connectivity index (χ4n) is 2.71. The lowest BCUT2D eigenvalue weighted by Crippen LogP contribution is -2.64. The summed E-state index contributed by atoms with van der Waals surface area (Å²) in [7, 11) is 1.27. The van der Waals surface area contributed by atoms with Crippen LogP contribution >= 0.6 is 0 Å². The van der Waals surface area contributed by atoms with E-state index in [9.17, 15) is 44.3 Å². The fourth-order valence-corrected chi connectivity index (χ4v) is 2.71. The van der Waals surface area contributed by atoms with Gasteiger partial charge in [-0.25, -0.2) is 0 Å². The van der Waals surface area contributed by atoms with E-state index in [1.165, 1.54) is 13.2 Å². The number of aryl methyl sites for hydroxylation is 1. The minimum atomic E-state index is -7.01. The molecule has 1 aromatic rings. The minimum absolute atomic E-state index is 0.146. The van der Waals surface area contributed by atoms with Crippen molar-refractivity contribution in [3.05, 3.63) is 29.3 Å². The molecule has 0 radical (unpaired) electrons. The molecule has 0 bridgehead atoms. The highest BCUT2D eigenvalue weighted by atomic mass is 19.4. The number of ether oxygens (including phenoxy) is 1. The van der Waals surface area contributed by atoms with Crippen molar-refractivity contribution in [2.75, 3.05) is 7.11 Å². The molecule has 26 heavy (non-hydrogen) atoms. The van der Waals surface area contributed by atoms with Crippen molar-refractivity contribution in [3.63, 3.8) is 0 Å². The molecule has 1 atom stereocenters. The summed E-state index contributed by atoms with van der Waals surface area (Å²) < 4.78 is 123. The summed E-state index contributed by atoms with van der Waals surface area (Å²) in [5, 5.41) is 0. The van der Waals surface area contributed by atoms with E-state index in [-0.39, 0.29) is 11.3 Å². The molecule has 0 aromatic heterocycles. The van der Waals surface area contributed by atoms with Gasteiger partial charge in [0.25, 0.3) is 0 Å². The second kappa shape index (κ2) is 6.05. The van der Waals surface area contributed by atoms with E-state index >= 15 is 0 Å². The van der Waals surface area contributed by atoms with Crippen molar-refractivity contribution >= 4 is 5.78 Å². The molecular weight excluding hydrogens is 383 g/mol. The predicted octanol–water partition coefficient (Wildman–Crippen LogP) is 4.91. The number of hydrogen-bond acceptors (Lipinski definition) is 2. The summed E-state index contributed by atoms with van der Waals surface area (Å²) in [4.78, 5) is 12.1. The number of rotatable bonds is 4. The molecule has 1 aliphatic carbocycles. The molecular formula is C15H11F9O2. The third kappa shape index (κ3) is 2.81. The average molecular weight is 394 g/mol. The Morgan fingerprint density at radius 1 is 0.962 bits per heavy atom. The number of alkyl halides is 9. The van der Waals surface area contributed by atoms with Crippen LogP contribution in [0.5, 0.6) is 5.75 Å².